The van der Waals surface area contributed by atoms with Crippen LogP contribution in [0.3, 0.4) is 0 Å². The number of epoxide rings is 1. The fourth-order valence-corrected chi connectivity index (χ4v) is 2.61. The number of carbonyl (C=O) groups excluding carboxylic acids is 1. The minimum atomic E-state index is -0.101. The SMILES string of the molecule is COC(=O)[C@@H]1C[C@@H](C(C)(C)C)C[C@@H]2O[C@@H]21. The lowest BCUT2D eigenvalue weighted by atomic mass is 9.69. The third-order valence-corrected chi connectivity index (χ3v) is 3.80. The molecule has 0 amide bonds. The van der Waals surface area contributed by atoms with E-state index in [0.717, 1.165) is 12.8 Å². The number of ether oxygens (including phenoxy) is 2. The van der Waals surface area contributed by atoms with Crippen molar-refractivity contribution in [3.05, 3.63) is 0 Å². The summed E-state index contributed by atoms with van der Waals surface area (Å²) in [5.41, 5.74) is 0.253. The summed E-state index contributed by atoms with van der Waals surface area (Å²) < 4.78 is 10.4. The Morgan fingerprint density at radius 3 is 2.53 bits per heavy atom. The molecule has 4 atom stereocenters. The highest BCUT2D eigenvalue weighted by Crippen LogP contribution is 2.49. The van der Waals surface area contributed by atoms with Crippen LogP contribution in [0.25, 0.3) is 0 Å². The van der Waals surface area contributed by atoms with Crippen LogP contribution in [0.2, 0.25) is 0 Å². The van der Waals surface area contributed by atoms with E-state index in [1.807, 2.05) is 0 Å². The Bertz CT molecular complexity index is 267. The highest BCUT2D eigenvalue weighted by molar-refractivity contribution is 5.73. The second-order valence-electron chi connectivity index (χ2n) is 5.80. The first-order valence-corrected chi connectivity index (χ1v) is 5.66. The van der Waals surface area contributed by atoms with Crippen molar-refractivity contribution in [2.45, 2.75) is 45.8 Å². The maximum Gasteiger partial charge on any atom is 0.311 e. The van der Waals surface area contributed by atoms with Gasteiger partial charge in [0.1, 0.15) is 0 Å². The van der Waals surface area contributed by atoms with E-state index in [1.165, 1.54) is 7.11 Å². The molecule has 0 N–H and O–H groups in total. The Kier molecular flexibility index (Phi) is 2.53. The lowest BCUT2D eigenvalue weighted by molar-refractivity contribution is -0.147. The molecule has 2 fully saturated rings. The summed E-state index contributed by atoms with van der Waals surface area (Å²) in [6.07, 6.45) is 2.47. The van der Waals surface area contributed by atoms with Crippen molar-refractivity contribution in [1.29, 1.82) is 0 Å². The van der Waals surface area contributed by atoms with Gasteiger partial charge in [0.05, 0.1) is 25.2 Å². The van der Waals surface area contributed by atoms with Crippen molar-refractivity contribution in [3.63, 3.8) is 0 Å². The van der Waals surface area contributed by atoms with Crippen molar-refractivity contribution in [2.75, 3.05) is 7.11 Å². The van der Waals surface area contributed by atoms with Crippen LogP contribution in [0.1, 0.15) is 33.6 Å². The predicted molar refractivity (Wildman–Crippen MR) is 56.3 cm³/mol. The van der Waals surface area contributed by atoms with Gasteiger partial charge in [0, 0.05) is 0 Å². The fourth-order valence-electron chi connectivity index (χ4n) is 2.61. The highest BCUT2D eigenvalue weighted by Gasteiger charge is 2.55. The van der Waals surface area contributed by atoms with Crippen molar-refractivity contribution < 1.29 is 14.3 Å². The molecule has 0 aromatic heterocycles. The molecule has 1 aliphatic carbocycles. The third kappa shape index (κ3) is 2.03. The predicted octanol–water partition coefficient (Wildman–Crippen LogP) is 2.00. The van der Waals surface area contributed by atoms with Crippen LogP contribution < -0.4 is 0 Å². The lowest BCUT2D eigenvalue weighted by Crippen LogP contribution is -2.35. The van der Waals surface area contributed by atoms with Crippen LogP contribution >= 0.6 is 0 Å². The second kappa shape index (κ2) is 3.48. The fraction of sp³-hybridized carbons (Fsp3) is 0.917. The van der Waals surface area contributed by atoms with Gasteiger partial charge in [-0.05, 0) is 24.2 Å². The van der Waals surface area contributed by atoms with Crippen molar-refractivity contribution in [1.82, 2.24) is 0 Å². The van der Waals surface area contributed by atoms with Gasteiger partial charge in [-0.3, -0.25) is 4.79 Å². The molecule has 86 valence electrons. The number of hydrogen-bond donors (Lipinski definition) is 0. The lowest BCUT2D eigenvalue weighted by Gasteiger charge is -2.34. The summed E-state index contributed by atoms with van der Waals surface area (Å²) in [5, 5.41) is 0. The van der Waals surface area contributed by atoms with E-state index in [9.17, 15) is 4.79 Å². The van der Waals surface area contributed by atoms with Gasteiger partial charge < -0.3 is 9.47 Å². The number of methoxy groups -OCH3 is 1. The molecular weight excluding hydrogens is 192 g/mol. The number of esters is 1. The smallest absolute Gasteiger partial charge is 0.311 e. The van der Waals surface area contributed by atoms with Crippen molar-refractivity contribution in [3.8, 4) is 0 Å². The first kappa shape index (κ1) is 10.9. The van der Waals surface area contributed by atoms with E-state index in [0.29, 0.717) is 12.0 Å². The molecule has 0 spiro atoms. The standard InChI is InChI=1S/C12H20O3/c1-12(2,3)7-5-8(11(13)14-4)10-9(6-7)15-10/h7-10H,5-6H2,1-4H3/t7-,8-,9+,10-/m1/s1. The Morgan fingerprint density at radius 1 is 1.33 bits per heavy atom. The average Bonchev–Trinajstić information content (AvgIpc) is 2.92. The quantitative estimate of drug-likeness (QED) is 0.493. The van der Waals surface area contributed by atoms with Crippen LogP contribution in [-0.2, 0) is 14.3 Å². The van der Waals surface area contributed by atoms with E-state index in [-0.39, 0.29) is 23.4 Å². The number of fused-ring (bicyclic) bond motifs is 1. The zero-order chi connectivity index (χ0) is 11.2. The molecule has 0 aromatic rings. The highest BCUT2D eigenvalue weighted by atomic mass is 16.6. The number of carbonyl (C=O) groups is 1. The second-order valence-corrected chi connectivity index (χ2v) is 5.80. The first-order chi connectivity index (χ1) is 6.93. The van der Waals surface area contributed by atoms with Gasteiger partial charge in [-0.2, -0.15) is 0 Å². The maximum absolute atomic E-state index is 11.6. The summed E-state index contributed by atoms with van der Waals surface area (Å²) >= 11 is 0. The van der Waals surface area contributed by atoms with E-state index >= 15 is 0 Å². The summed E-state index contributed by atoms with van der Waals surface area (Å²) in [6, 6.07) is 0. The van der Waals surface area contributed by atoms with Crippen LogP contribution in [0.5, 0.6) is 0 Å². The van der Waals surface area contributed by atoms with Gasteiger partial charge in [0.15, 0.2) is 0 Å². The molecule has 0 radical (unpaired) electrons. The van der Waals surface area contributed by atoms with E-state index < -0.39 is 0 Å². The van der Waals surface area contributed by atoms with Gasteiger partial charge in [-0.25, -0.2) is 0 Å². The van der Waals surface area contributed by atoms with Gasteiger partial charge in [0.2, 0.25) is 0 Å². The molecule has 3 heteroatoms. The molecule has 1 heterocycles. The topological polar surface area (TPSA) is 38.8 Å². The molecule has 0 unspecified atom stereocenters. The molecule has 1 saturated carbocycles. The van der Waals surface area contributed by atoms with Crippen LogP contribution in [-0.4, -0.2) is 25.3 Å². The molecule has 0 bridgehead atoms. The molecule has 2 rings (SSSR count). The molecule has 3 nitrogen and oxygen atoms in total. The average molecular weight is 212 g/mol. The molecule has 1 saturated heterocycles. The van der Waals surface area contributed by atoms with E-state index in [4.69, 9.17) is 9.47 Å². The summed E-state index contributed by atoms with van der Waals surface area (Å²) in [6.45, 7) is 6.69. The Morgan fingerprint density at radius 2 is 2.00 bits per heavy atom. The van der Waals surface area contributed by atoms with Crippen LogP contribution in [0.4, 0.5) is 0 Å². The molecule has 1 aliphatic heterocycles. The van der Waals surface area contributed by atoms with Gasteiger partial charge in [-0.15, -0.1) is 0 Å². The first-order valence-electron chi connectivity index (χ1n) is 5.66. The number of hydrogen-bond acceptors (Lipinski definition) is 3. The maximum atomic E-state index is 11.6. The molecule has 0 aromatic carbocycles. The summed E-state index contributed by atoms with van der Waals surface area (Å²) in [5.74, 6) is 0.430. The van der Waals surface area contributed by atoms with Crippen molar-refractivity contribution >= 4 is 5.97 Å². The minimum Gasteiger partial charge on any atom is -0.469 e. The molecular formula is C12H20O3. The van der Waals surface area contributed by atoms with E-state index in [1.54, 1.807) is 0 Å². The molecule has 15 heavy (non-hydrogen) atoms. The molecule has 2 aliphatic rings. The van der Waals surface area contributed by atoms with Gasteiger partial charge in [-0.1, -0.05) is 20.8 Å². The largest absolute Gasteiger partial charge is 0.469 e. The Balaban J connectivity index is 2.06. The number of rotatable bonds is 1. The van der Waals surface area contributed by atoms with Crippen LogP contribution in [0.15, 0.2) is 0 Å². The minimum absolute atomic E-state index is 0.0297. The van der Waals surface area contributed by atoms with E-state index in [2.05, 4.69) is 20.8 Å². The Hall–Kier alpha value is -0.570. The summed E-state index contributed by atoms with van der Waals surface area (Å²) in [7, 11) is 1.46. The zero-order valence-electron chi connectivity index (χ0n) is 9.95. The summed E-state index contributed by atoms with van der Waals surface area (Å²) in [4.78, 5) is 11.6. The third-order valence-electron chi connectivity index (χ3n) is 3.80. The monoisotopic (exact) mass is 212 g/mol. The van der Waals surface area contributed by atoms with Crippen molar-refractivity contribution in [2.24, 2.45) is 17.3 Å². The Labute approximate surface area is 91.1 Å². The normalized spacial score (nSPS) is 39.5. The van der Waals surface area contributed by atoms with Gasteiger partial charge in [0.25, 0.3) is 0 Å². The zero-order valence-corrected chi connectivity index (χ0v) is 9.95. The van der Waals surface area contributed by atoms with Crippen LogP contribution in [0, 0.1) is 17.3 Å². The van der Waals surface area contributed by atoms with Gasteiger partial charge >= 0.3 is 5.97 Å².